The third-order valence-electron chi connectivity index (χ3n) is 3.04. The van der Waals surface area contributed by atoms with Gasteiger partial charge in [-0.2, -0.15) is 0 Å². The molecule has 0 aliphatic heterocycles. The number of rotatable bonds is 7. The van der Waals surface area contributed by atoms with Gasteiger partial charge in [-0.05, 0) is 44.4 Å². The number of hydrogen-bond donors (Lipinski definition) is 2. The summed E-state index contributed by atoms with van der Waals surface area (Å²) in [5, 5.41) is 12.5. The predicted octanol–water partition coefficient (Wildman–Crippen LogP) is 2.58. The molecule has 3 nitrogen and oxygen atoms in total. The number of hydrogen-bond acceptors (Lipinski definition) is 3. The third-order valence-corrected chi connectivity index (χ3v) is 3.04. The van der Waals surface area contributed by atoms with E-state index in [0.29, 0.717) is 6.04 Å². The molecule has 0 heterocycles. The highest BCUT2D eigenvalue weighted by Gasteiger charge is 2.10. The van der Waals surface area contributed by atoms with Crippen LogP contribution in [-0.4, -0.2) is 23.9 Å². The molecule has 2 N–H and O–H groups in total. The molecule has 2 unspecified atom stereocenters. The minimum absolute atomic E-state index is 0.196. The van der Waals surface area contributed by atoms with Crippen LogP contribution < -0.4 is 10.1 Å². The van der Waals surface area contributed by atoms with Crippen molar-refractivity contribution >= 4 is 0 Å². The van der Waals surface area contributed by atoms with Gasteiger partial charge >= 0.3 is 0 Å². The second-order valence-electron chi connectivity index (χ2n) is 5.14. The van der Waals surface area contributed by atoms with Gasteiger partial charge in [-0.25, -0.2) is 0 Å². The van der Waals surface area contributed by atoms with Crippen LogP contribution in [0, 0.1) is 5.92 Å². The number of aliphatic hydroxyl groups excluding tert-OH is 1. The second-order valence-corrected chi connectivity index (χ2v) is 5.14. The van der Waals surface area contributed by atoms with E-state index in [9.17, 15) is 0 Å². The van der Waals surface area contributed by atoms with Crippen LogP contribution in [-0.2, 0) is 6.54 Å². The molecule has 0 amide bonds. The van der Waals surface area contributed by atoms with Crippen molar-refractivity contribution in [2.45, 2.75) is 46.4 Å². The average molecular weight is 251 g/mol. The molecule has 0 aliphatic carbocycles. The Kier molecular flexibility index (Phi) is 6.16. The number of nitrogens with one attached hydrogen (secondary N) is 1. The summed E-state index contributed by atoms with van der Waals surface area (Å²) in [6.07, 6.45) is 0.196. The highest BCUT2D eigenvalue weighted by molar-refractivity contribution is 5.28. The fraction of sp³-hybridized carbons (Fsp3) is 0.600. The molecular formula is C15H25NO2. The Morgan fingerprint density at radius 3 is 2.56 bits per heavy atom. The van der Waals surface area contributed by atoms with Crippen molar-refractivity contribution in [2.24, 2.45) is 5.92 Å². The Hall–Kier alpha value is -1.06. The van der Waals surface area contributed by atoms with Crippen LogP contribution >= 0.6 is 0 Å². The summed E-state index contributed by atoms with van der Waals surface area (Å²) in [5.74, 6) is 1.17. The maximum atomic E-state index is 9.09. The Morgan fingerprint density at radius 1 is 1.22 bits per heavy atom. The van der Waals surface area contributed by atoms with Crippen molar-refractivity contribution in [1.82, 2.24) is 5.32 Å². The smallest absolute Gasteiger partial charge is 0.120 e. The standard InChI is InChI=1S/C15H25NO2/c1-11(2)18-15-7-5-6-14(8-15)9-16-13(4)12(3)10-17/h5-8,11-13,16-17H,9-10H2,1-4H3. The first-order valence-electron chi connectivity index (χ1n) is 6.62. The second kappa shape index (κ2) is 7.39. The summed E-state index contributed by atoms with van der Waals surface area (Å²) in [4.78, 5) is 0. The lowest BCUT2D eigenvalue weighted by molar-refractivity contribution is 0.207. The first-order valence-corrected chi connectivity index (χ1v) is 6.62. The van der Waals surface area contributed by atoms with Gasteiger partial charge in [0.1, 0.15) is 5.75 Å². The lowest BCUT2D eigenvalue weighted by Crippen LogP contribution is -2.33. The summed E-state index contributed by atoms with van der Waals surface area (Å²) >= 11 is 0. The fourth-order valence-corrected chi connectivity index (χ4v) is 1.64. The maximum absolute atomic E-state index is 9.09. The predicted molar refractivity (Wildman–Crippen MR) is 74.8 cm³/mol. The van der Waals surface area contributed by atoms with E-state index in [1.807, 2.05) is 32.9 Å². The lowest BCUT2D eigenvalue weighted by Gasteiger charge is -2.19. The van der Waals surface area contributed by atoms with E-state index in [1.54, 1.807) is 0 Å². The van der Waals surface area contributed by atoms with E-state index in [1.165, 1.54) is 5.56 Å². The van der Waals surface area contributed by atoms with E-state index in [0.717, 1.165) is 12.3 Å². The third kappa shape index (κ3) is 5.07. The minimum Gasteiger partial charge on any atom is -0.491 e. The molecule has 102 valence electrons. The van der Waals surface area contributed by atoms with Gasteiger partial charge in [0, 0.05) is 19.2 Å². The van der Waals surface area contributed by atoms with Crippen molar-refractivity contribution in [3.63, 3.8) is 0 Å². The van der Waals surface area contributed by atoms with Gasteiger partial charge in [-0.1, -0.05) is 19.1 Å². The number of aliphatic hydroxyl groups is 1. The van der Waals surface area contributed by atoms with E-state index < -0.39 is 0 Å². The molecule has 0 bridgehead atoms. The van der Waals surface area contributed by atoms with Crippen molar-refractivity contribution in [3.05, 3.63) is 29.8 Å². The van der Waals surface area contributed by atoms with Crippen LogP contribution in [0.3, 0.4) is 0 Å². The van der Waals surface area contributed by atoms with E-state index >= 15 is 0 Å². The summed E-state index contributed by atoms with van der Waals surface area (Å²) < 4.78 is 5.66. The quantitative estimate of drug-likeness (QED) is 0.782. The van der Waals surface area contributed by atoms with Gasteiger partial charge in [0.2, 0.25) is 0 Å². The molecule has 0 fully saturated rings. The van der Waals surface area contributed by atoms with Crippen LogP contribution in [0.15, 0.2) is 24.3 Å². The van der Waals surface area contributed by atoms with E-state index in [2.05, 4.69) is 24.4 Å². The zero-order chi connectivity index (χ0) is 13.5. The van der Waals surface area contributed by atoms with Crippen molar-refractivity contribution < 1.29 is 9.84 Å². The van der Waals surface area contributed by atoms with Crippen molar-refractivity contribution in [1.29, 1.82) is 0 Å². The average Bonchev–Trinajstić information content (AvgIpc) is 2.34. The SMILES string of the molecule is CC(C)Oc1cccc(CNC(C)C(C)CO)c1. The largest absolute Gasteiger partial charge is 0.491 e. The van der Waals surface area contributed by atoms with Crippen LogP contribution in [0.2, 0.25) is 0 Å². The molecule has 3 heteroatoms. The van der Waals surface area contributed by atoms with Gasteiger partial charge in [0.05, 0.1) is 6.10 Å². The molecule has 1 aromatic carbocycles. The molecule has 1 aromatic rings. The molecule has 0 aromatic heterocycles. The zero-order valence-electron chi connectivity index (χ0n) is 11.8. The molecule has 2 atom stereocenters. The van der Waals surface area contributed by atoms with E-state index in [-0.39, 0.29) is 18.6 Å². The highest BCUT2D eigenvalue weighted by atomic mass is 16.5. The first kappa shape index (κ1) is 15.0. The van der Waals surface area contributed by atoms with Crippen molar-refractivity contribution in [3.8, 4) is 5.75 Å². The Bertz CT molecular complexity index is 352. The van der Waals surface area contributed by atoms with Gasteiger partial charge in [-0.15, -0.1) is 0 Å². The molecule has 18 heavy (non-hydrogen) atoms. The fourth-order valence-electron chi connectivity index (χ4n) is 1.64. The minimum atomic E-state index is 0.196. The van der Waals surface area contributed by atoms with Gasteiger partial charge in [0.15, 0.2) is 0 Å². The lowest BCUT2D eigenvalue weighted by atomic mass is 10.0. The molecule has 0 saturated carbocycles. The molecule has 0 saturated heterocycles. The first-order chi connectivity index (χ1) is 8.52. The summed E-state index contributed by atoms with van der Waals surface area (Å²) in [7, 11) is 0. The Balaban J connectivity index is 2.52. The van der Waals surface area contributed by atoms with Crippen LogP contribution in [0.5, 0.6) is 5.75 Å². The molecule has 0 spiro atoms. The summed E-state index contributed by atoms with van der Waals surface area (Å²) in [5.41, 5.74) is 1.20. The molecular weight excluding hydrogens is 226 g/mol. The van der Waals surface area contributed by atoms with Crippen molar-refractivity contribution in [2.75, 3.05) is 6.61 Å². The monoisotopic (exact) mass is 251 g/mol. The molecule has 0 radical (unpaired) electrons. The van der Waals surface area contributed by atoms with E-state index in [4.69, 9.17) is 9.84 Å². The number of ether oxygens (including phenoxy) is 1. The molecule has 1 rings (SSSR count). The topological polar surface area (TPSA) is 41.5 Å². The summed E-state index contributed by atoms with van der Waals surface area (Å²) in [6, 6.07) is 8.42. The Morgan fingerprint density at radius 2 is 1.94 bits per heavy atom. The van der Waals surface area contributed by atoms with Gasteiger partial charge in [-0.3, -0.25) is 0 Å². The van der Waals surface area contributed by atoms with Crippen LogP contribution in [0.1, 0.15) is 33.3 Å². The van der Waals surface area contributed by atoms with Crippen LogP contribution in [0.25, 0.3) is 0 Å². The van der Waals surface area contributed by atoms with Crippen LogP contribution in [0.4, 0.5) is 0 Å². The van der Waals surface area contributed by atoms with Gasteiger partial charge < -0.3 is 15.2 Å². The summed E-state index contributed by atoms with van der Waals surface area (Å²) in [6.45, 7) is 9.18. The normalized spacial score (nSPS) is 14.6. The zero-order valence-corrected chi connectivity index (χ0v) is 11.8. The molecule has 0 aliphatic rings. The van der Waals surface area contributed by atoms with Gasteiger partial charge in [0.25, 0.3) is 0 Å². The Labute approximate surface area is 110 Å². The number of benzene rings is 1. The highest BCUT2D eigenvalue weighted by Crippen LogP contribution is 2.15. The maximum Gasteiger partial charge on any atom is 0.120 e.